The van der Waals surface area contributed by atoms with Gasteiger partial charge in [-0.25, -0.2) is 9.97 Å². The van der Waals surface area contributed by atoms with Crippen LogP contribution in [0, 0.1) is 12.8 Å². The number of nitrogens with zero attached hydrogens (tertiary/aromatic N) is 3. The van der Waals surface area contributed by atoms with Gasteiger partial charge in [-0.3, -0.25) is 4.98 Å². The number of pyridine rings is 1. The van der Waals surface area contributed by atoms with E-state index in [-0.39, 0.29) is 6.04 Å². The lowest BCUT2D eigenvalue weighted by Gasteiger charge is -2.25. The molecule has 3 aromatic rings. The summed E-state index contributed by atoms with van der Waals surface area (Å²) < 4.78 is 5.63. The summed E-state index contributed by atoms with van der Waals surface area (Å²) in [7, 11) is 0. The highest BCUT2D eigenvalue weighted by Gasteiger charge is 2.27. The third-order valence-corrected chi connectivity index (χ3v) is 4.67. The van der Waals surface area contributed by atoms with E-state index >= 15 is 0 Å². The van der Waals surface area contributed by atoms with Crippen molar-refractivity contribution >= 4 is 5.82 Å². The fraction of sp³-hybridized carbons (Fsp3) is 0.286. The smallest absolute Gasteiger partial charge is 0.163 e. The van der Waals surface area contributed by atoms with Gasteiger partial charge in [-0.05, 0) is 31.0 Å². The Bertz CT molecular complexity index is 848. The monoisotopic (exact) mass is 346 g/mol. The summed E-state index contributed by atoms with van der Waals surface area (Å²) in [6.07, 6.45) is 4.59. The van der Waals surface area contributed by atoms with Gasteiger partial charge in [0.2, 0.25) is 0 Å². The van der Waals surface area contributed by atoms with E-state index in [0.29, 0.717) is 11.7 Å². The van der Waals surface area contributed by atoms with E-state index in [4.69, 9.17) is 9.72 Å². The highest BCUT2D eigenvalue weighted by molar-refractivity contribution is 5.56. The maximum absolute atomic E-state index is 5.63. The Balaban J connectivity index is 1.66. The lowest BCUT2D eigenvalue weighted by Crippen LogP contribution is -2.22. The Hall–Kier alpha value is -2.79. The van der Waals surface area contributed by atoms with Crippen molar-refractivity contribution in [1.82, 2.24) is 15.0 Å². The van der Waals surface area contributed by atoms with Crippen LogP contribution in [0.2, 0.25) is 0 Å². The molecule has 3 heterocycles. The van der Waals surface area contributed by atoms with Crippen molar-refractivity contribution in [3.8, 4) is 11.4 Å². The van der Waals surface area contributed by atoms with Crippen LogP contribution < -0.4 is 5.32 Å². The van der Waals surface area contributed by atoms with Crippen LogP contribution in [0.25, 0.3) is 11.4 Å². The number of nitrogens with one attached hydrogen (secondary N) is 1. The first-order valence-electron chi connectivity index (χ1n) is 8.95. The van der Waals surface area contributed by atoms with Crippen LogP contribution in [0.15, 0.2) is 60.9 Å². The minimum Gasteiger partial charge on any atom is -0.381 e. The Morgan fingerprint density at radius 1 is 1.12 bits per heavy atom. The molecule has 1 N–H and O–H groups in total. The van der Waals surface area contributed by atoms with E-state index in [1.807, 2.05) is 31.2 Å². The third-order valence-electron chi connectivity index (χ3n) is 4.67. The maximum atomic E-state index is 5.63. The van der Waals surface area contributed by atoms with Gasteiger partial charge in [-0.2, -0.15) is 0 Å². The molecule has 0 unspecified atom stereocenters. The van der Waals surface area contributed by atoms with E-state index in [2.05, 4.69) is 39.6 Å². The van der Waals surface area contributed by atoms with Crippen LogP contribution >= 0.6 is 0 Å². The summed E-state index contributed by atoms with van der Waals surface area (Å²) in [6, 6.07) is 16.5. The molecule has 0 aliphatic carbocycles. The second kappa shape index (κ2) is 7.62. The van der Waals surface area contributed by atoms with Gasteiger partial charge in [-0.15, -0.1) is 0 Å². The summed E-state index contributed by atoms with van der Waals surface area (Å²) in [4.78, 5) is 13.5. The zero-order chi connectivity index (χ0) is 17.8. The molecule has 132 valence electrons. The number of anilines is 1. The molecule has 2 aromatic heterocycles. The lowest BCUT2D eigenvalue weighted by atomic mass is 9.92. The highest BCUT2D eigenvalue weighted by atomic mass is 16.5. The summed E-state index contributed by atoms with van der Waals surface area (Å²) in [5.41, 5.74) is 3.10. The van der Waals surface area contributed by atoms with Crippen molar-refractivity contribution < 1.29 is 4.74 Å². The fourth-order valence-corrected chi connectivity index (χ4v) is 3.38. The average molecular weight is 346 g/mol. The summed E-state index contributed by atoms with van der Waals surface area (Å²) >= 11 is 0. The van der Waals surface area contributed by atoms with Crippen molar-refractivity contribution in [1.29, 1.82) is 0 Å². The molecule has 4 rings (SSSR count). The Kier molecular flexibility index (Phi) is 4.88. The molecule has 1 aliphatic heterocycles. The fourth-order valence-electron chi connectivity index (χ4n) is 3.38. The number of hydrogen-bond acceptors (Lipinski definition) is 5. The molecular weight excluding hydrogens is 324 g/mol. The molecule has 1 fully saturated rings. The zero-order valence-corrected chi connectivity index (χ0v) is 14.8. The Labute approximate surface area is 153 Å². The maximum Gasteiger partial charge on any atom is 0.163 e. The Morgan fingerprint density at radius 3 is 2.73 bits per heavy atom. The van der Waals surface area contributed by atoms with E-state index in [1.165, 1.54) is 5.56 Å². The second-order valence-electron chi connectivity index (χ2n) is 6.62. The molecule has 0 radical (unpaired) electrons. The first-order valence-corrected chi connectivity index (χ1v) is 8.95. The minimum absolute atomic E-state index is 0.162. The van der Waals surface area contributed by atoms with E-state index in [1.54, 1.807) is 12.4 Å². The molecule has 0 bridgehead atoms. The Morgan fingerprint density at radius 2 is 2.00 bits per heavy atom. The van der Waals surface area contributed by atoms with Crippen LogP contribution in [0.5, 0.6) is 0 Å². The normalized spacial score (nSPS) is 17.8. The van der Waals surface area contributed by atoms with Gasteiger partial charge < -0.3 is 10.1 Å². The first-order chi connectivity index (χ1) is 12.8. The van der Waals surface area contributed by atoms with Gasteiger partial charge in [0.05, 0.1) is 12.6 Å². The highest BCUT2D eigenvalue weighted by Crippen LogP contribution is 2.32. The van der Waals surface area contributed by atoms with Crippen molar-refractivity contribution in [3.05, 3.63) is 72.2 Å². The van der Waals surface area contributed by atoms with Crippen LogP contribution in [0.3, 0.4) is 0 Å². The molecule has 5 heteroatoms. The lowest BCUT2D eigenvalue weighted by molar-refractivity contribution is 0.182. The third kappa shape index (κ3) is 3.73. The largest absolute Gasteiger partial charge is 0.381 e. The van der Waals surface area contributed by atoms with Crippen LogP contribution in [0.1, 0.15) is 23.7 Å². The van der Waals surface area contributed by atoms with Crippen molar-refractivity contribution in [3.63, 3.8) is 0 Å². The van der Waals surface area contributed by atoms with Crippen molar-refractivity contribution in [2.45, 2.75) is 19.4 Å². The second-order valence-corrected chi connectivity index (χ2v) is 6.62. The molecule has 5 nitrogen and oxygen atoms in total. The molecule has 26 heavy (non-hydrogen) atoms. The predicted molar refractivity (Wildman–Crippen MR) is 102 cm³/mol. The minimum atomic E-state index is 0.162. The van der Waals surface area contributed by atoms with Gasteiger partial charge in [0, 0.05) is 42.2 Å². The quantitative estimate of drug-likeness (QED) is 0.755. The summed E-state index contributed by atoms with van der Waals surface area (Å²) in [6.45, 7) is 3.58. The van der Waals surface area contributed by atoms with Gasteiger partial charge in [0.1, 0.15) is 5.82 Å². The van der Waals surface area contributed by atoms with Crippen LogP contribution in [-0.2, 0) is 4.74 Å². The van der Waals surface area contributed by atoms with Gasteiger partial charge in [0.15, 0.2) is 5.82 Å². The number of ether oxygens (including phenoxy) is 1. The standard InChI is InChI=1S/C21H22N4O/c1-15-12-19(25-21(23-15)17-8-5-10-22-13-17)24-20(18-9-11-26-14-18)16-6-3-2-4-7-16/h2-8,10,12-13,18,20H,9,11,14H2,1H3,(H,23,24,25)/t18-,20-/m1/s1. The molecule has 0 spiro atoms. The van der Waals surface area contributed by atoms with Gasteiger partial charge >= 0.3 is 0 Å². The number of benzene rings is 1. The zero-order valence-electron chi connectivity index (χ0n) is 14.8. The number of hydrogen-bond donors (Lipinski definition) is 1. The molecule has 0 amide bonds. The number of aromatic nitrogens is 3. The van der Waals surface area contributed by atoms with E-state index < -0.39 is 0 Å². The number of rotatable bonds is 5. The summed E-state index contributed by atoms with van der Waals surface area (Å²) in [5.74, 6) is 1.95. The van der Waals surface area contributed by atoms with E-state index in [0.717, 1.165) is 36.7 Å². The topological polar surface area (TPSA) is 59.9 Å². The van der Waals surface area contributed by atoms with Crippen molar-refractivity contribution in [2.75, 3.05) is 18.5 Å². The average Bonchev–Trinajstić information content (AvgIpc) is 3.21. The molecule has 2 atom stereocenters. The molecule has 0 saturated carbocycles. The SMILES string of the molecule is Cc1cc(N[C@H](c2ccccc2)[C@@H]2CCOC2)nc(-c2cccnc2)n1. The van der Waals surface area contributed by atoms with Crippen molar-refractivity contribution in [2.24, 2.45) is 5.92 Å². The molecular formula is C21H22N4O. The predicted octanol–water partition coefficient (Wildman–Crippen LogP) is 4.04. The van der Waals surface area contributed by atoms with E-state index in [9.17, 15) is 0 Å². The summed E-state index contributed by atoms with van der Waals surface area (Å²) in [5, 5.41) is 3.64. The molecule has 1 aliphatic rings. The number of aryl methyl sites for hydroxylation is 1. The molecule has 1 saturated heterocycles. The molecule has 1 aromatic carbocycles. The van der Waals surface area contributed by atoms with Crippen LogP contribution in [-0.4, -0.2) is 28.2 Å². The van der Waals surface area contributed by atoms with Crippen LogP contribution in [0.4, 0.5) is 5.82 Å². The first kappa shape index (κ1) is 16.7. The van der Waals surface area contributed by atoms with Gasteiger partial charge in [0.25, 0.3) is 0 Å². The van der Waals surface area contributed by atoms with Gasteiger partial charge in [-0.1, -0.05) is 30.3 Å².